The van der Waals surface area contributed by atoms with Crippen LogP contribution in [0, 0.1) is 6.92 Å². The van der Waals surface area contributed by atoms with Gasteiger partial charge in [0.15, 0.2) is 0 Å². The van der Waals surface area contributed by atoms with Gasteiger partial charge in [0.05, 0.1) is 13.2 Å². The lowest BCUT2D eigenvalue weighted by molar-refractivity contribution is 0.379. The molecule has 1 unspecified atom stereocenters. The molecule has 0 saturated heterocycles. The molecule has 7 heteroatoms. The summed E-state index contributed by atoms with van der Waals surface area (Å²) in [5, 5.41) is 4.26. The van der Waals surface area contributed by atoms with Crippen molar-refractivity contribution in [1.29, 1.82) is 0 Å². The van der Waals surface area contributed by atoms with Gasteiger partial charge in [0.25, 0.3) is 0 Å². The number of hydrogen-bond donors (Lipinski definition) is 2. The fourth-order valence-corrected chi connectivity index (χ4v) is 2.39. The molecule has 0 fully saturated rings. The molecule has 0 radical (unpaired) electrons. The van der Waals surface area contributed by atoms with Gasteiger partial charge >= 0.3 is 6.01 Å². The Labute approximate surface area is 127 Å². The summed E-state index contributed by atoms with van der Waals surface area (Å²) in [7, 11) is 1.48. The molecule has 0 bridgehead atoms. The van der Waals surface area contributed by atoms with Crippen LogP contribution < -0.4 is 15.8 Å². The van der Waals surface area contributed by atoms with E-state index in [0.717, 1.165) is 22.3 Å². The van der Waals surface area contributed by atoms with Crippen LogP contribution in [-0.4, -0.2) is 22.1 Å². The van der Waals surface area contributed by atoms with Crippen molar-refractivity contribution in [3.05, 3.63) is 35.6 Å². The van der Waals surface area contributed by atoms with E-state index in [1.807, 2.05) is 38.1 Å². The third-order valence-electron chi connectivity index (χ3n) is 3.43. The van der Waals surface area contributed by atoms with E-state index >= 15 is 0 Å². The fourth-order valence-electron chi connectivity index (χ4n) is 2.39. The lowest BCUT2D eigenvalue weighted by Crippen LogP contribution is -2.12. The maximum Gasteiger partial charge on any atom is 0.322 e. The molecule has 22 heavy (non-hydrogen) atoms. The van der Waals surface area contributed by atoms with Crippen molar-refractivity contribution in [3.8, 4) is 6.01 Å². The number of fused-ring (bicyclic) bond motifs is 1. The number of hydrogen-bond acceptors (Lipinski definition) is 7. The van der Waals surface area contributed by atoms with Crippen molar-refractivity contribution < 1.29 is 9.15 Å². The van der Waals surface area contributed by atoms with Crippen molar-refractivity contribution in [2.75, 3.05) is 18.2 Å². The smallest absolute Gasteiger partial charge is 0.322 e. The van der Waals surface area contributed by atoms with Crippen LogP contribution in [0.4, 0.5) is 11.9 Å². The number of nitrogen functional groups attached to an aromatic ring is 1. The number of methoxy groups -OCH3 is 1. The maximum absolute atomic E-state index is 5.92. The third kappa shape index (κ3) is 2.52. The van der Waals surface area contributed by atoms with E-state index in [2.05, 4.69) is 20.3 Å². The number of aromatic nitrogens is 3. The number of para-hydroxylation sites is 1. The Bertz CT molecular complexity index is 815. The number of benzene rings is 1. The number of nitrogens with one attached hydrogen (secondary N) is 1. The molecule has 0 spiro atoms. The maximum atomic E-state index is 5.92. The zero-order valence-electron chi connectivity index (χ0n) is 12.6. The topological polar surface area (TPSA) is 99.1 Å². The Morgan fingerprint density at radius 1 is 1.23 bits per heavy atom. The fraction of sp³-hybridized carbons (Fsp3) is 0.267. The summed E-state index contributed by atoms with van der Waals surface area (Å²) in [4.78, 5) is 12.0. The van der Waals surface area contributed by atoms with Gasteiger partial charge < -0.3 is 20.2 Å². The predicted molar refractivity (Wildman–Crippen MR) is 83.8 cm³/mol. The molecule has 114 valence electrons. The summed E-state index contributed by atoms with van der Waals surface area (Å²) in [6.07, 6.45) is 0. The first-order chi connectivity index (χ1) is 10.6. The van der Waals surface area contributed by atoms with Gasteiger partial charge in [-0.15, -0.1) is 0 Å². The lowest BCUT2D eigenvalue weighted by atomic mass is 10.1. The van der Waals surface area contributed by atoms with Crippen LogP contribution in [-0.2, 0) is 0 Å². The Kier molecular flexibility index (Phi) is 3.54. The second-order valence-electron chi connectivity index (χ2n) is 4.96. The zero-order chi connectivity index (χ0) is 15.7. The first-order valence-corrected chi connectivity index (χ1v) is 6.88. The largest absolute Gasteiger partial charge is 0.467 e. The second kappa shape index (κ2) is 5.51. The number of aryl methyl sites for hydroxylation is 1. The van der Waals surface area contributed by atoms with Gasteiger partial charge in [-0.1, -0.05) is 18.2 Å². The van der Waals surface area contributed by atoms with Gasteiger partial charge in [0.2, 0.25) is 11.9 Å². The average molecular weight is 299 g/mol. The van der Waals surface area contributed by atoms with Crippen molar-refractivity contribution >= 4 is 22.9 Å². The predicted octanol–water partition coefficient (Wildman–Crippen LogP) is 2.69. The molecule has 2 aromatic heterocycles. The van der Waals surface area contributed by atoms with E-state index in [4.69, 9.17) is 14.9 Å². The Hall–Kier alpha value is -2.83. The Morgan fingerprint density at radius 2 is 2.00 bits per heavy atom. The molecule has 0 aliphatic carbocycles. The van der Waals surface area contributed by atoms with Crippen molar-refractivity contribution in [1.82, 2.24) is 15.0 Å². The molecule has 0 aliphatic rings. The molecule has 3 aromatic rings. The lowest BCUT2D eigenvalue weighted by Gasteiger charge is -2.12. The quantitative estimate of drug-likeness (QED) is 0.764. The van der Waals surface area contributed by atoms with Crippen molar-refractivity contribution in [2.45, 2.75) is 19.9 Å². The summed E-state index contributed by atoms with van der Waals surface area (Å²) in [6.45, 7) is 4.00. The number of furan rings is 1. The highest BCUT2D eigenvalue weighted by molar-refractivity contribution is 5.82. The minimum absolute atomic E-state index is 0.0999. The standard InChI is InChI=1S/C15H17N5O2/c1-8-10-6-4-5-7-11(10)22-12(8)9(2)17-14-18-13(16)19-15(20-14)21-3/h4-7,9H,1-3H3,(H3,16,17,18,19,20). The van der Waals surface area contributed by atoms with Crippen LogP contribution in [0.1, 0.15) is 24.3 Å². The normalized spacial score (nSPS) is 12.3. The molecule has 0 aliphatic heterocycles. The average Bonchev–Trinajstić information content (AvgIpc) is 2.84. The van der Waals surface area contributed by atoms with Gasteiger partial charge in [-0.3, -0.25) is 0 Å². The van der Waals surface area contributed by atoms with E-state index in [0.29, 0.717) is 5.95 Å². The first-order valence-electron chi connectivity index (χ1n) is 6.88. The first kappa shape index (κ1) is 14.1. The van der Waals surface area contributed by atoms with E-state index in [9.17, 15) is 0 Å². The van der Waals surface area contributed by atoms with Crippen LogP contribution in [0.15, 0.2) is 28.7 Å². The van der Waals surface area contributed by atoms with Gasteiger partial charge in [0.1, 0.15) is 11.3 Å². The number of ether oxygens (including phenoxy) is 1. The molecular weight excluding hydrogens is 282 g/mol. The van der Waals surface area contributed by atoms with Gasteiger partial charge in [-0.25, -0.2) is 0 Å². The zero-order valence-corrected chi connectivity index (χ0v) is 12.6. The number of rotatable bonds is 4. The van der Waals surface area contributed by atoms with E-state index in [1.54, 1.807) is 0 Å². The molecule has 1 aromatic carbocycles. The number of nitrogens with zero attached hydrogens (tertiary/aromatic N) is 3. The molecule has 1 atom stereocenters. The van der Waals surface area contributed by atoms with Crippen molar-refractivity contribution in [3.63, 3.8) is 0 Å². The number of anilines is 2. The highest BCUT2D eigenvalue weighted by Gasteiger charge is 2.17. The highest BCUT2D eigenvalue weighted by atomic mass is 16.5. The van der Waals surface area contributed by atoms with Crippen LogP contribution in [0.2, 0.25) is 0 Å². The summed E-state index contributed by atoms with van der Waals surface area (Å²) < 4.78 is 10.9. The van der Waals surface area contributed by atoms with Gasteiger partial charge in [-0.05, 0) is 19.9 Å². The van der Waals surface area contributed by atoms with E-state index in [1.165, 1.54) is 7.11 Å². The van der Waals surface area contributed by atoms with Gasteiger partial charge in [-0.2, -0.15) is 15.0 Å². The summed E-state index contributed by atoms with van der Waals surface area (Å²) >= 11 is 0. The summed E-state index contributed by atoms with van der Waals surface area (Å²) in [6, 6.07) is 7.97. The second-order valence-corrected chi connectivity index (χ2v) is 4.96. The molecular formula is C15H17N5O2. The van der Waals surface area contributed by atoms with Crippen LogP contribution in [0.25, 0.3) is 11.0 Å². The number of nitrogens with two attached hydrogens (primary N) is 1. The highest BCUT2D eigenvalue weighted by Crippen LogP contribution is 2.30. The minimum atomic E-state index is -0.126. The van der Waals surface area contributed by atoms with Crippen LogP contribution in [0.3, 0.4) is 0 Å². The minimum Gasteiger partial charge on any atom is -0.467 e. The van der Waals surface area contributed by atoms with Gasteiger partial charge in [0, 0.05) is 10.9 Å². The SMILES string of the molecule is COc1nc(N)nc(NC(C)c2oc3ccccc3c2C)n1. The molecule has 3 rings (SSSR count). The molecule has 7 nitrogen and oxygen atoms in total. The van der Waals surface area contributed by atoms with E-state index in [-0.39, 0.29) is 18.0 Å². The Balaban J connectivity index is 1.91. The van der Waals surface area contributed by atoms with Crippen LogP contribution >= 0.6 is 0 Å². The summed E-state index contributed by atoms with van der Waals surface area (Å²) in [5.74, 6) is 1.28. The summed E-state index contributed by atoms with van der Waals surface area (Å²) in [5.41, 5.74) is 7.58. The monoisotopic (exact) mass is 299 g/mol. The molecule has 0 saturated carbocycles. The Morgan fingerprint density at radius 3 is 2.73 bits per heavy atom. The van der Waals surface area contributed by atoms with Crippen molar-refractivity contribution in [2.24, 2.45) is 0 Å². The third-order valence-corrected chi connectivity index (χ3v) is 3.43. The molecule has 3 N–H and O–H groups in total. The molecule has 2 heterocycles. The van der Waals surface area contributed by atoms with E-state index < -0.39 is 0 Å². The molecule has 0 amide bonds. The van der Waals surface area contributed by atoms with Crippen LogP contribution in [0.5, 0.6) is 6.01 Å².